The van der Waals surface area contributed by atoms with Crippen LogP contribution in [0.3, 0.4) is 0 Å². The predicted octanol–water partition coefficient (Wildman–Crippen LogP) is 2.90. The molecule has 0 saturated carbocycles. The Morgan fingerprint density at radius 2 is 1.91 bits per heavy atom. The van der Waals surface area contributed by atoms with Crippen molar-refractivity contribution in [2.75, 3.05) is 18.4 Å². The van der Waals surface area contributed by atoms with Crippen LogP contribution in [0.1, 0.15) is 27.2 Å². The fourth-order valence-electron chi connectivity index (χ4n) is 3.17. The van der Waals surface area contributed by atoms with E-state index in [4.69, 9.17) is 0 Å². The minimum atomic E-state index is -0.481. The molecule has 2 rings (SSSR count). The Morgan fingerprint density at radius 3 is 2.50 bits per heavy atom. The second kappa shape index (κ2) is 6.87. The van der Waals surface area contributed by atoms with E-state index in [1.165, 1.54) is 12.5 Å². The van der Waals surface area contributed by atoms with E-state index in [1.807, 2.05) is 6.92 Å². The van der Waals surface area contributed by atoms with Gasteiger partial charge in [-0.25, -0.2) is 0 Å². The Balaban J connectivity index is 2.07. The molecule has 6 heteroatoms. The number of hydrogen-bond donors (Lipinski definition) is 1. The summed E-state index contributed by atoms with van der Waals surface area (Å²) in [6.45, 7) is 8.01. The van der Waals surface area contributed by atoms with Gasteiger partial charge in [-0.15, -0.1) is 0 Å². The minimum Gasteiger partial charge on any atom is -0.319 e. The van der Waals surface area contributed by atoms with Crippen molar-refractivity contribution in [3.63, 3.8) is 0 Å². The van der Waals surface area contributed by atoms with Crippen LogP contribution in [0.25, 0.3) is 0 Å². The summed E-state index contributed by atoms with van der Waals surface area (Å²) in [6.07, 6.45) is 1.18. The van der Waals surface area contributed by atoms with Gasteiger partial charge in [0.2, 0.25) is 5.91 Å². The van der Waals surface area contributed by atoms with Crippen LogP contribution in [0.2, 0.25) is 0 Å². The van der Waals surface area contributed by atoms with E-state index in [-0.39, 0.29) is 23.3 Å². The van der Waals surface area contributed by atoms with Gasteiger partial charge in [-0.05, 0) is 31.2 Å². The van der Waals surface area contributed by atoms with Gasteiger partial charge in [0.1, 0.15) is 5.69 Å². The Morgan fingerprint density at radius 1 is 1.32 bits per heavy atom. The summed E-state index contributed by atoms with van der Waals surface area (Å²) in [5.74, 6) is 0.922. The van der Waals surface area contributed by atoms with Gasteiger partial charge in [0.25, 0.3) is 5.69 Å². The summed E-state index contributed by atoms with van der Waals surface area (Å²) in [5, 5.41) is 13.7. The van der Waals surface area contributed by atoms with Crippen molar-refractivity contribution < 1.29 is 9.72 Å². The Bertz CT molecular complexity index is 551. The molecule has 1 aromatic carbocycles. The molecule has 120 valence electrons. The zero-order chi connectivity index (χ0) is 16.3. The van der Waals surface area contributed by atoms with Crippen LogP contribution in [0, 0.1) is 22.0 Å². The van der Waals surface area contributed by atoms with Gasteiger partial charge in [-0.2, -0.15) is 0 Å². The van der Waals surface area contributed by atoms with Crippen LogP contribution in [-0.4, -0.2) is 34.9 Å². The first-order valence-corrected chi connectivity index (χ1v) is 7.66. The van der Waals surface area contributed by atoms with Crippen molar-refractivity contribution in [1.82, 2.24) is 4.90 Å². The summed E-state index contributed by atoms with van der Waals surface area (Å²) in [5.41, 5.74) is 0.172. The number of nitrogens with zero attached hydrogens (tertiary/aromatic N) is 2. The number of nitrogens with one attached hydrogen (secondary N) is 1. The van der Waals surface area contributed by atoms with E-state index in [2.05, 4.69) is 24.1 Å². The van der Waals surface area contributed by atoms with Crippen LogP contribution < -0.4 is 5.32 Å². The molecule has 1 fully saturated rings. The lowest BCUT2D eigenvalue weighted by molar-refractivity contribution is -0.383. The minimum absolute atomic E-state index is 0.0802. The molecule has 1 aliphatic heterocycles. The second-order valence-corrected chi connectivity index (χ2v) is 6.34. The molecule has 1 heterocycles. The van der Waals surface area contributed by atoms with E-state index in [0.717, 1.165) is 13.1 Å². The third kappa shape index (κ3) is 3.82. The summed E-state index contributed by atoms with van der Waals surface area (Å²) in [6, 6.07) is 5.92. The van der Waals surface area contributed by atoms with Gasteiger partial charge in [-0.3, -0.25) is 19.8 Å². The van der Waals surface area contributed by atoms with E-state index >= 15 is 0 Å². The number of carbonyl (C=O) groups excluding carboxylic acids is 1. The molecule has 6 nitrogen and oxygen atoms in total. The van der Waals surface area contributed by atoms with Crippen LogP contribution in [-0.2, 0) is 4.79 Å². The first-order valence-electron chi connectivity index (χ1n) is 7.66. The van der Waals surface area contributed by atoms with Crippen LogP contribution >= 0.6 is 0 Å². The molecule has 1 N–H and O–H groups in total. The Hall–Kier alpha value is -1.95. The molecular formula is C16H23N3O3. The summed E-state index contributed by atoms with van der Waals surface area (Å²) in [7, 11) is 0. The number of para-hydroxylation sites is 2. The molecule has 3 atom stereocenters. The molecule has 22 heavy (non-hydrogen) atoms. The maximum absolute atomic E-state index is 12.4. The maximum Gasteiger partial charge on any atom is 0.292 e. The number of nitro benzene ring substituents is 1. The van der Waals surface area contributed by atoms with Gasteiger partial charge in [0.15, 0.2) is 0 Å². The third-order valence-electron chi connectivity index (χ3n) is 4.18. The van der Waals surface area contributed by atoms with Gasteiger partial charge in [0, 0.05) is 19.2 Å². The average molecular weight is 305 g/mol. The standard InChI is InChI=1S/C16H23N3O3/c1-11-8-12(2)10-18(9-11)13(3)16(20)17-14-6-4-5-7-15(14)19(21)22/h4-7,11-13H,8-10H2,1-3H3,(H,17,20)/t11-,12+,13-/m0/s1. The number of rotatable bonds is 4. The van der Waals surface area contributed by atoms with Gasteiger partial charge < -0.3 is 5.32 Å². The lowest BCUT2D eigenvalue weighted by atomic mass is 9.91. The predicted molar refractivity (Wildman–Crippen MR) is 85.7 cm³/mol. The molecular weight excluding hydrogens is 282 g/mol. The van der Waals surface area contributed by atoms with E-state index in [1.54, 1.807) is 18.2 Å². The van der Waals surface area contributed by atoms with Crippen LogP contribution in [0.15, 0.2) is 24.3 Å². The summed E-state index contributed by atoms with van der Waals surface area (Å²) < 4.78 is 0. The Kier molecular flexibility index (Phi) is 5.13. The van der Waals surface area contributed by atoms with Gasteiger partial charge in [-0.1, -0.05) is 26.0 Å². The second-order valence-electron chi connectivity index (χ2n) is 6.34. The van der Waals surface area contributed by atoms with Crippen molar-refractivity contribution >= 4 is 17.3 Å². The lowest BCUT2D eigenvalue weighted by Gasteiger charge is -2.38. The fraction of sp³-hybridized carbons (Fsp3) is 0.562. The lowest BCUT2D eigenvalue weighted by Crippen LogP contribution is -2.48. The summed E-state index contributed by atoms with van der Waals surface area (Å²) in [4.78, 5) is 25.1. The van der Waals surface area contributed by atoms with E-state index in [9.17, 15) is 14.9 Å². The number of carbonyl (C=O) groups is 1. The number of benzene rings is 1. The molecule has 1 saturated heterocycles. The molecule has 0 radical (unpaired) electrons. The zero-order valence-electron chi connectivity index (χ0n) is 13.3. The van der Waals surface area contributed by atoms with E-state index in [0.29, 0.717) is 11.8 Å². The number of hydrogen-bond acceptors (Lipinski definition) is 4. The monoisotopic (exact) mass is 305 g/mol. The first kappa shape index (κ1) is 16.4. The number of likely N-dealkylation sites (tertiary alicyclic amines) is 1. The highest BCUT2D eigenvalue weighted by atomic mass is 16.6. The molecule has 1 amide bonds. The quantitative estimate of drug-likeness (QED) is 0.685. The number of anilines is 1. The number of amides is 1. The number of nitro groups is 1. The Labute approximate surface area is 130 Å². The maximum atomic E-state index is 12.4. The van der Waals surface area contributed by atoms with Gasteiger partial charge in [0.05, 0.1) is 11.0 Å². The highest BCUT2D eigenvalue weighted by Crippen LogP contribution is 2.25. The third-order valence-corrected chi connectivity index (χ3v) is 4.18. The largest absolute Gasteiger partial charge is 0.319 e. The highest BCUT2D eigenvalue weighted by molar-refractivity contribution is 5.96. The first-order chi connectivity index (χ1) is 10.4. The van der Waals surface area contributed by atoms with Crippen molar-refractivity contribution in [3.05, 3.63) is 34.4 Å². The molecule has 0 aromatic heterocycles. The van der Waals surface area contributed by atoms with Crippen molar-refractivity contribution in [2.24, 2.45) is 11.8 Å². The van der Waals surface area contributed by atoms with Crippen molar-refractivity contribution in [1.29, 1.82) is 0 Å². The molecule has 0 spiro atoms. The normalized spacial score (nSPS) is 23.8. The smallest absolute Gasteiger partial charge is 0.292 e. The molecule has 0 aliphatic carbocycles. The van der Waals surface area contributed by atoms with Crippen molar-refractivity contribution in [3.8, 4) is 0 Å². The fourth-order valence-corrected chi connectivity index (χ4v) is 3.17. The van der Waals surface area contributed by atoms with Gasteiger partial charge >= 0.3 is 0 Å². The van der Waals surface area contributed by atoms with E-state index < -0.39 is 4.92 Å². The zero-order valence-corrected chi connectivity index (χ0v) is 13.3. The molecule has 1 aromatic rings. The SMILES string of the molecule is C[C@@H]1C[C@H](C)CN([C@@H](C)C(=O)Nc2ccccc2[N+](=O)[O-])C1. The summed E-state index contributed by atoms with van der Waals surface area (Å²) >= 11 is 0. The topological polar surface area (TPSA) is 75.5 Å². The molecule has 1 aliphatic rings. The van der Waals surface area contributed by atoms with Crippen LogP contribution in [0.4, 0.5) is 11.4 Å². The number of piperidine rings is 1. The molecule has 0 unspecified atom stereocenters. The molecule has 0 bridgehead atoms. The average Bonchev–Trinajstić information content (AvgIpc) is 2.45. The van der Waals surface area contributed by atoms with Crippen molar-refractivity contribution in [2.45, 2.75) is 33.2 Å². The highest BCUT2D eigenvalue weighted by Gasteiger charge is 2.29. The van der Waals surface area contributed by atoms with Crippen LogP contribution in [0.5, 0.6) is 0 Å².